The normalized spacial score (nSPS) is 18.3. The summed E-state index contributed by atoms with van der Waals surface area (Å²) >= 11 is 0. The Morgan fingerprint density at radius 2 is 2.11 bits per heavy atom. The molecular formula is C13H16N2O3. The van der Waals surface area contributed by atoms with Crippen LogP contribution in [-0.4, -0.2) is 31.1 Å². The smallest absolute Gasteiger partial charge is 0.333 e. The lowest BCUT2D eigenvalue weighted by molar-refractivity contribution is -0.159. The van der Waals surface area contributed by atoms with Crippen molar-refractivity contribution in [2.45, 2.75) is 18.9 Å². The standard InChI is InChI=1S/C13H16N2O3/c16-12(9-15-10-5-2-1-3-6-10)18-13(17)11-7-4-8-14-11/h1-3,5-6,11,14-15H,4,7-9H2/t11-/m0/s1. The number of hydrogen-bond acceptors (Lipinski definition) is 5. The molecule has 1 heterocycles. The molecule has 1 fully saturated rings. The van der Waals surface area contributed by atoms with Gasteiger partial charge in [0.15, 0.2) is 0 Å². The molecule has 18 heavy (non-hydrogen) atoms. The van der Waals surface area contributed by atoms with E-state index in [4.69, 9.17) is 4.74 Å². The van der Waals surface area contributed by atoms with Crippen LogP contribution >= 0.6 is 0 Å². The first kappa shape index (κ1) is 12.6. The molecule has 5 nitrogen and oxygen atoms in total. The number of hydrogen-bond donors (Lipinski definition) is 2. The van der Waals surface area contributed by atoms with Gasteiger partial charge in [0.1, 0.15) is 12.6 Å². The minimum atomic E-state index is -0.558. The van der Waals surface area contributed by atoms with Gasteiger partial charge in [-0.05, 0) is 31.5 Å². The van der Waals surface area contributed by atoms with Crippen molar-refractivity contribution in [3.8, 4) is 0 Å². The number of rotatable bonds is 4. The zero-order chi connectivity index (χ0) is 12.8. The molecule has 0 unspecified atom stereocenters. The van der Waals surface area contributed by atoms with E-state index in [9.17, 15) is 9.59 Å². The van der Waals surface area contributed by atoms with Gasteiger partial charge < -0.3 is 15.4 Å². The predicted octanol–water partition coefficient (Wildman–Crippen LogP) is 0.920. The van der Waals surface area contributed by atoms with E-state index in [2.05, 4.69) is 10.6 Å². The summed E-state index contributed by atoms with van der Waals surface area (Å²) in [6.45, 7) is 0.790. The lowest BCUT2D eigenvalue weighted by Crippen LogP contribution is -2.35. The summed E-state index contributed by atoms with van der Waals surface area (Å²) in [7, 11) is 0. The maximum Gasteiger partial charge on any atom is 0.333 e. The zero-order valence-corrected chi connectivity index (χ0v) is 10.0. The molecule has 0 amide bonds. The number of benzene rings is 1. The van der Waals surface area contributed by atoms with Crippen molar-refractivity contribution >= 4 is 17.6 Å². The first-order chi connectivity index (χ1) is 8.75. The van der Waals surface area contributed by atoms with Gasteiger partial charge in [-0.2, -0.15) is 0 Å². The molecular weight excluding hydrogens is 232 g/mol. The molecule has 0 spiro atoms. The maximum atomic E-state index is 11.5. The highest BCUT2D eigenvalue weighted by atomic mass is 16.6. The summed E-state index contributed by atoms with van der Waals surface area (Å²) in [4.78, 5) is 23.0. The lowest BCUT2D eigenvalue weighted by Gasteiger charge is -2.09. The number of anilines is 1. The van der Waals surface area contributed by atoms with E-state index in [1.165, 1.54) is 0 Å². The number of ether oxygens (including phenoxy) is 1. The third kappa shape index (κ3) is 3.56. The van der Waals surface area contributed by atoms with Crippen LogP contribution in [0.4, 0.5) is 5.69 Å². The quantitative estimate of drug-likeness (QED) is 0.612. The Bertz CT molecular complexity index is 414. The molecule has 5 heteroatoms. The zero-order valence-electron chi connectivity index (χ0n) is 10.0. The summed E-state index contributed by atoms with van der Waals surface area (Å²) in [6, 6.07) is 8.97. The molecule has 1 aromatic rings. The molecule has 0 aromatic heterocycles. The molecule has 0 bridgehead atoms. The van der Waals surface area contributed by atoms with E-state index in [1.807, 2.05) is 30.3 Å². The summed E-state index contributed by atoms with van der Waals surface area (Å²) < 4.78 is 4.75. The van der Waals surface area contributed by atoms with Crippen molar-refractivity contribution in [1.29, 1.82) is 0 Å². The second kappa shape index (κ2) is 6.16. The van der Waals surface area contributed by atoms with Gasteiger partial charge in [-0.25, -0.2) is 9.59 Å². The Morgan fingerprint density at radius 1 is 1.33 bits per heavy atom. The SMILES string of the molecule is O=C(CNc1ccccc1)OC(=O)[C@@H]1CCCN1. The first-order valence-corrected chi connectivity index (χ1v) is 6.02. The number of carbonyl (C=O) groups excluding carboxylic acids is 2. The number of para-hydroxylation sites is 1. The minimum absolute atomic E-state index is 0.0114. The van der Waals surface area contributed by atoms with E-state index < -0.39 is 11.9 Å². The second-order valence-electron chi connectivity index (χ2n) is 4.16. The van der Waals surface area contributed by atoms with Gasteiger partial charge in [-0.3, -0.25) is 0 Å². The van der Waals surface area contributed by atoms with Crippen LogP contribution in [0.1, 0.15) is 12.8 Å². The highest BCUT2D eigenvalue weighted by Crippen LogP contribution is 2.07. The van der Waals surface area contributed by atoms with Crippen molar-refractivity contribution in [1.82, 2.24) is 5.32 Å². The predicted molar refractivity (Wildman–Crippen MR) is 67.1 cm³/mol. The largest absolute Gasteiger partial charge is 0.391 e. The number of nitrogens with one attached hydrogen (secondary N) is 2. The topological polar surface area (TPSA) is 67.4 Å². The summed E-state index contributed by atoms with van der Waals surface area (Å²) in [5.41, 5.74) is 0.820. The summed E-state index contributed by atoms with van der Waals surface area (Å²) in [6.07, 6.45) is 1.68. The Labute approximate surface area is 106 Å². The van der Waals surface area contributed by atoms with Gasteiger partial charge >= 0.3 is 11.9 Å². The van der Waals surface area contributed by atoms with Crippen LogP contribution in [0.2, 0.25) is 0 Å². The van der Waals surface area contributed by atoms with Gasteiger partial charge in [-0.1, -0.05) is 18.2 Å². The fourth-order valence-electron chi connectivity index (χ4n) is 1.84. The van der Waals surface area contributed by atoms with Gasteiger partial charge in [0.25, 0.3) is 0 Å². The molecule has 96 valence electrons. The van der Waals surface area contributed by atoms with Crippen molar-refractivity contribution < 1.29 is 14.3 Å². The van der Waals surface area contributed by atoms with E-state index in [-0.39, 0.29) is 12.6 Å². The van der Waals surface area contributed by atoms with Crippen molar-refractivity contribution in [3.63, 3.8) is 0 Å². The summed E-state index contributed by atoms with van der Waals surface area (Å²) in [5, 5.41) is 5.88. The second-order valence-corrected chi connectivity index (χ2v) is 4.16. The molecule has 2 rings (SSSR count). The molecule has 0 aliphatic carbocycles. The van der Waals surface area contributed by atoms with E-state index in [0.717, 1.165) is 25.1 Å². The Kier molecular flexibility index (Phi) is 4.30. The van der Waals surface area contributed by atoms with Crippen LogP contribution in [0.3, 0.4) is 0 Å². The van der Waals surface area contributed by atoms with Crippen molar-refractivity contribution in [2.24, 2.45) is 0 Å². The summed E-state index contributed by atoms with van der Waals surface area (Å²) in [5.74, 6) is -1.04. The molecule has 1 saturated heterocycles. The van der Waals surface area contributed by atoms with Crippen molar-refractivity contribution in [2.75, 3.05) is 18.4 Å². The molecule has 1 aliphatic rings. The van der Waals surface area contributed by atoms with Gasteiger partial charge in [0, 0.05) is 5.69 Å². The van der Waals surface area contributed by atoms with Gasteiger partial charge in [-0.15, -0.1) is 0 Å². The molecule has 1 atom stereocenters. The first-order valence-electron chi connectivity index (χ1n) is 6.02. The lowest BCUT2D eigenvalue weighted by atomic mass is 10.2. The van der Waals surface area contributed by atoms with E-state index in [1.54, 1.807) is 0 Å². The van der Waals surface area contributed by atoms with Crippen LogP contribution < -0.4 is 10.6 Å². The Morgan fingerprint density at radius 3 is 2.78 bits per heavy atom. The number of esters is 2. The van der Waals surface area contributed by atoms with Crippen molar-refractivity contribution in [3.05, 3.63) is 30.3 Å². The van der Waals surface area contributed by atoms with E-state index >= 15 is 0 Å². The minimum Gasteiger partial charge on any atom is -0.391 e. The Hall–Kier alpha value is -1.88. The average Bonchev–Trinajstić information content (AvgIpc) is 2.91. The van der Waals surface area contributed by atoms with Gasteiger partial charge in [0.05, 0.1) is 0 Å². The molecule has 2 N–H and O–H groups in total. The molecule has 0 radical (unpaired) electrons. The van der Waals surface area contributed by atoms with E-state index in [0.29, 0.717) is 0 Å². The van der Waals surface area contributed by atoms with Crippen LogP contribution in [0, 0.1) is 0 Å². The van der Waals surface area contributed by atoms with Crippen LogP contribution in [0.15, 0.2) is 30.3 Å². The third-order valence-electron chi connectivity index (χ3n) is 2.77. The number of carbonyl (C=O) groups is 2. The fourth-order valence-corrected chi connectivity index (χ4v) is 1.84. The molecule has 1 aromatic carbocycles. The van der Waals surface area contributed by atoms with Gasteiger partial charge in [0.2, 0.25) is 0 Å². The van der Waals surface area contributed by atoms with Crippen LogP contribution in [0.5, 0.6) is 0 Å². The molecule has 1 aliphatic heterocycles. The Balaban J connectivity index is 1.73. The fraction of sp³-hybridized carbons (Fsp3) is 0.385. The maximum absolute atomic E-state index is 11.5. The molecule has 0 saturated carbocycles. The highest BCUT2D eigenvalue weighted by molar-refractivity contribution is 5.90. The monoisotopic (exact) mass is 248 g/mol. The average molecular weight is 248 g/mol. The third-order valence-corrected chi connectivity index (χ3v) is 2.77. The van der Waals surface area contributed by atoms with Crippen LogP contribution in [-0.2, 0) is 14.3 Å². The van der Waals surface area contributed by atoms with Crippen LogP contribution in [0.25, 0.3) is 0 Å². The highest BCUT2D eigenvalue weighted by Gasteiger charge is 2.25.